The molecule has 0 bridgehead atoms. The molecule has 3 rings (SSSR count). The highest BCUT2D eigenvalue weighted by molar-refractivity contribution is 6.05. The van der Waals surface area contributed by atoms with Gasteiger partial charge in [0.1, 0.15) is 13.2 Å². The summed E-state index contributed by atoms with van der Waals surface area (Å²) in [7, 11) is 1.43. The molecule has 1 fully saturated rings. The van der Waals surface area contributed by atoms with E-state index < -0.39 is 11.9 Å². The predicted molar refractivity (Wildman–Crippen MR) is 95.0 cm³/mol. The maximum absolute atomic E-state index is 12.8. The lowest BCUT2D eigenvalue weighted by Gasteiger charge is -2.21. The highest BCUT2D eigenvalue weighted by Crippen LogP contribution is 2.22. The molecule has 2 aromatic rings. The van der Waals surface area contributed by atoms with E-state index in [0.717, 1.165) is 11.1 Å². The number of carbonyl (C=O) groups excluding carboxylic acids is 2. The smallest absolute Gasteiger partial charge is 0.254 e. The third-order valence-corrected chi connectivity index (χ3v) is 4.21. The van der Waals surface area contributed by atoms with E-state index in [-0.39, 0.29) is 12.5 Å². The molecule has 1 heterocycles. The summed E-state index contributed by atoms with van der Waals surface area (Å²) in [6, 6.07) is 16.5. The third-order valence-electron chi connectivity index (χ3n) is 4.21. The minimum atomic E-state index is -0.699. The van der Waals surface area contributed by atoms with Crippen molar-refractivity contribution in [1.82, 2.24) is 4.90 Å². The maximum atomic E-state index is 12.8. The molecule has 6 heteroatoms. The van der Waals surface area contributed by atoms with E-state index in [0.29, 0.717) is 17.7 Å². The van der Waals surface area contributed by atoms with Crippen molar-refractivity contribution in [1.29, 1.82) is 0 Å². The standard InChI is InChI=1S/C19H19N3O3/c1-25-21-16-11-17(18(20)23)22(12-16)19(24)15-9-7-14(8-10-15)13-5-3-2-4-6-13/h2-10,17H,11-12H2,1H3,(H2,20,23)/b21-16+/t17-/m0/s1. The number of carbonyl (C=O) groups is 2. The average molecular weight is 337 g/mol. The van der Waals surface area contributed by atoms with Gasteiger partial charge in [0, 0.05) is 12.0 Å². The van der Waals surface area contributed by atoms with Gasteiger partial charge in [-0.25, -0.2) is 0 Å². The SMILES string of the molecule is CO/N=C1\C[C@@H](C(N)=O)N(C(=O)c2ccc(-c3ccccc3)cc2)C1. The lowest BCUT2D eigenvalue weighted by atomic mass is 10.0. The average Bonchev–Trinajstić information content (AvgIpc) is 3.07. The summed E-state index contributed by atoms with van der Waals surface area (Å²) in [6.07, 6.45) is 0.303. The number of nitrogens with two attached hydrogens (primary N) is 1. The Kier molecular flexibility index (Phi) is 4.79. The van der Waals surface area contributed by atoms with E-state index >= 15 is 0 Å². The Labute approximate surface area is 145 Å². The first kappa shape index (κ1) is 16.7. The minimum Gasteiger partial charge on any atom is -0.399 e. The molecule has 0 aliphatic carbocycles. The molecule has 1 atom stereocenters. The molecule has 0 spiro atoms. The summed E-state index contributed by atoms with van der Waals surface area (Å²) in [5.41, 5.74) is 8.66. The Hall–Kier alpha value is -3.15. The van der Waals surface area contributed by atoms with E-state index in [1.807, 2.05) is 42.5 Å². The van der Waals surface area contributed by atoms with Crippen molar-refractivity contribution in [2.24, 2.45) is 10.9 Å². The van der Waals surface area contributed by atoms with Gasteiger partial charge in [-0.15, -0.1) is 0 Å². The van der Waals surface area contributed by atoms with Crippen LogP contribution in [0.5, 0.6) is 0 Å². The third kappa shape index (κ3) is 3.52. The van der Waals surface area contributed by atoms with E-state index in [2.05, 4.69) is 5.16 Å². The summed E-state index contributed by atoms with van der Waals surface area (Å²) in [6.45, 7) is 0.237. The first-order valence-electron chi connectivity index (χ1n) is 7.95. The highest BCUT2D eigenvalue weighted by Gasteiger charge is 2.37. The number of primary amides is 1. The molecule has 0 radical (unpaired) electrons. The van der Waals surface area contributed by atoms with Crippen molar-refractivity contribution in [3.05, 3.63) is 60.2 Å². The summed E-state index contributed by atoms with van der Waals surface area (Å²) >= 11 is 0. The fraction of sp³-hybridized carbons (Fsp3) is 0.211. The maximum Gasteiger partial charge on any atom is 0.254 e. The zero-order valence-electron chi connectivity index (χ0n) is 13.9. The zero-order chi connectivity index (χ0) is 17.8. The van der Waals surface area contributed by atoms with Crippen LogP contribution in [-0.2, 0) is 9.63 Å². The normalized spacial score (nSPS) is 18.4. The summed E-state index contributed by atoms with van der Waals surface area (Å²) in [5, 5.41) is 3.85. The second-order valence-corrected chi connectivity index (χ2v) is 5.84. The lowest BCUT2D eigenvalue weighted by Crippen LogP contribution is -2.43. The lowest BCUT2D eigenvalue weighted by molar-refractivity contribution is -0.121. The predicted octanol–water partition coefficient (Wildman–Crippen LogP) is 2.06. The number of benzene rings is 2. The number of likely N-dealkylation sites (tertiary alicyclic amines) is 1. The summed E-state index contributed by atoms with van der Waals surface area (Å²) in [5.74, 6) is -0.791. The summed E-state index contributed by atoms with van der Waals surface area (Å²) < 4.78 is 0. The van der Waals surface area contributed by atoms with Crippen LogP contribution in [0.4, 0.5) is 0 Å². The van der Waals surface area contributed by atoms with Gasteiger partial charge < -0.3 is 15.5 Å². The highest BCUT2D eigenvalue weighted by atomic mass is 16.6. The molecule has 1 aliphatic rings. The van der Waals surface area contributed by atoms with Crippen molar-refractivity contribution >= 4 is 17.5 Å². The van der Waals surface area contributed by atoms with Crippen molar-refractivity contribution in [2.75, 3.05) is 13.7 Å². The van der Waals surface area contributed by atoms with Gasteiger partial charge in [0.15, 0.2) is 0 Å². The molecule has 128 valence electrons. The Morgan fingerprint density at radius 1 is 1.08 bits per heavy atom. The van der Waals surface area contributed by atoms with Crippen LogP contribution in [0, 0.1) is 0 Å². The van der Waals surface area contributed by atoms with Crippen molar-refractivity contribution < 1.29 is 14.4 Å². The molecular weight excluding hydrogens is 318 g/mol. The largest absolute Gasteiger partial charge is 0.399 e. The number of nitrogens with zero attached hydrogens (tertiary/aromatic N) is 2. The Morgan fingerprint density at radius 3 is 2.32 bits per heavy atom. The van der Waals surface area contributed by atoms with Gasteiger partial charge in [-0.3, -0.25) is 9.59 Å². The Bertz CT molecular complexity index is 800. The van der Waals surface area contributed by atoms with Gasteiger partial charge >= 0.3 is 0 Å². The second kappa shape index (κ2) is 7.17. The quantitative estimate of drug-likeness (QED) is 0.867. The van der Waals surface area contributed by atoms with E-state index in [1.54, 1.807) is 12.1 Å². The molecule has 6 nitrogen and oxygen atoms in total. The van der Waals surface area contributed by atoms with Crippen LogP contribution in [0.3, 0.4) is 0 Å². The number of hydrogen-bond donors (Lipinski definition) is 1. The van der Waals surface area contributed by atoms with Crippen LogP contribution in [0.2, 0.25) is 0 Å². The van der Waals surface area contributed by atoms with Gasteiger partial charge in [0.05, 0.1) is 12.3 Å². The molecule has 0 unspecified atom stereocenters. The van der Waals surface area contributed by atoms with Crippen LogP contribution >= 0.6 is 0 Å². The fourth-order valence-electron chi connectivity index (χ4n) is 2.97. The Balaban J connectivity index is 1.82. The zero-order valence-corrected chi connectivity index (χ0v) is 13.9. The van der Waals surface area contributed by atoms with Gasteiger partial charge in [0.2, 0.25) is 5.91 Å². The van der Waals surface area contributed by atoms with Crippen LogP contribution < -0.4 is 5.73 Å². The molecular formula is C19H19N3O3. The molecule has 2 aromatic carbocycles. The first-order valence-corrected chi connectivity index (χ1v) is 7.95. The molecule has 1 saturated heterocycles. The topological polar surface area (TPSA) is 85.0 Å². The molecule has 0 aromatic heterocycles. The number of oxime groups is 1. The molecule has 0 saturated carbocycles. The minimum absolute atomic E-state index is 0.237. The van der Waals surface area contributed by atoms with Gasteiger partial charge in [-0.05, 0) is 23.3 Å². The van der Waals surface area contributed by atoms with Crippen molar-refractivity contribution in [3.8, 4) is 11.1 Å². The monoisotopic (exact) mass is 337 g/mol. The van der Waals surface area contributed by atoms with E-state index in [4.69, 9.17) is 10.6 Å². The summed E-state index contributed by atoms with van der Waals surface area (Å²) in [4.78, 5) is 30.6. The van der Waals surface area contributed by atoms with Gasteiger partial charge in [0.25, 0.3) is 5.91 Å². The number of rotatable bonds is 4. The van der Waals surface area contributed by atoms with Gasteiger partial charge in [-0.2, -0.15) is 0 Å². The van der Waals surface area contributed by atoms with Crippen LogP contribution in [-0.4, -0.2) is 42.1 Å². The molecule has 1 aliphatic heterocycles. The Morgan fingerprint density at radius 2 is 1.72 bits per heavy atom. The van der Waals surface area contributed by atoms with E-state index in [9.17, 15) is 9.59 Å². The fourth-order valence-corrected chi connectivity index (χ4v) is 2.97. The number of hydrogen-bond acceptors (Lipinski definition) is 4. The first-order chi connectivity index (χ1) is 12.1. The molecule has 25 heavy (non-hydrogen) atoms. The number of amides is 2. The van der Waals surface area contributed by atoms with Crippen LogP contribution in [0.1, 0.15) is 16.8 Å². The van der Waals surface area contributed by atoms with Crippen LogP contribution in [0.15, 0.2) is 59.8 Å². The van der Waals surface area contributed by atoms with E-state index in [1.165, 1.54) is 12.0 Å². The molecule has 2 N–H and O–H groups in total. The van der Waals surface area contributed by atoms with Crippen molar-refractivity contribution in [3.63, 3.8) is 0 Å². The van der Waals surface area contributed by atoms with Gasteiger partial charge in [-0.1, -0.05) is 47.6 Å². The van der Waals surface area contributed by atoms with Crippen molar-refractivity contribution in [2.45, 2.75) is 12.5 Å². The molecule has 2 amide bonds. The second-order valence-electron chi connectivity index (χ2n) is 5.84. The van der Waals surface area contributed by atoms with Crippen LogP contribution in [0.25, 0.3) is 11.1 Å².